The number of rotatable bonds is 4. The normalized spacial score (nSPS) is 10.5. The van der Waals surface area contributed by atoms with E-state index in [1.54, 1.807) is 13.1 Å². The third kappa shape index (κ3) is 3.15. The van der Waals surface area contributed by atoms with Gasteiger partial charge in [-0.05, 0) is 31.9 Å². The second-order valence-electron chi connectivity index (χ2n) is 4.17. The molecule has 0 radical (unpaired) electrons. The summed E-state index contributed by atoms with van der Waals surface area (Å²) in [7, 11) is 0. The maximum atomic E-state index is 11.3. The van der Waals surface area contributed by atoms with Crippen molar-refractivity contribution in [3.8, 4) is 11.5 Å². The van der Waals surface area contributed by atoms with Crippen LogP contribution in [0.2, 0.25) is 0 Å². The number of hydrogen-bond donors (Lipinski definition) is 0. The summed E-state index contributed by atoms with van der Waals surface area (Å²) >= 11 is 0. The van der Waals surface area contributed by atoms with Gasteiger partial charge in [0.05, 0.1) is 6.61 Å². The van der Waals surface area contributed by atoms with E-state index in [0.29, 0.717) is 18.1 Å². The van der Waals surface area contributed by atoms with Crippen molar-refractivity contribution < 1.29 is 14.1 Å². The van der Waals surface area contributed by atoms with Crippen molar-refractivity contribution in [1.29, 1.82) is 0 Å². The standard InChI is InChI=1S/C13H15N3O3/c1-4-18-11(17)6-10-15-13(16-19-10)12-9(3)5-8(2)7-14-12/h5,7H,4,6H2,1-3H3. The van der Waals surface area contributed by atoms with Gasteiger partial charge in [0.2, 0.25) is 11.7 Å². The molecule has 0 aliphatic heterocycles. The van der Waals surface area contributed by atoms with Crippen molar-refractivity contribution in [1.82, 2.24) is 15.1 Å². The molecule has 2 rings (SSSR count). The number of carbonyl (C=O) groups is 1. The summed E-state index contributed by atoms with van der Waals surface area (Å²) in [6, 6.07) is 1.99. The summed E-state index contributed by atoms with van der Waals surface area (Å²) in [5.74, 6) is 0.235. The van der Waals surface area contributed by atoms with Gasteiger partial charge in [-0.3, -0.25) is 9.78 Å². The number of aromatic nitrogens is 3. The van der Waals surface area contributed by atoms with Crippen LogP contribution < -0.4 is 0 Å². The van der Waals surface area contributed by atoms with E-state index in [1.807, 2.05) is 19.9 Å². The van der Waals surface area contributed by atoms with Gasteiger partial charge in [-0.25, -0.2) is 0 Å². The van der Waals surface area contributed by atoms with E-state index in [2.05, 4.69) is 15.1 Å². The smallest absolute Gasteiger partial charge is 0.315 e. The van der Waals surface area contributed by atoms with Crippen molar-refractivity contribution in [3.05, 3.63) is 29.3 Å². The zero-order valence-electron chi connectivity index (χ0n) is 11.1. The van der Waals surface area contributed by atoms with Crippen molar-refractivity contribution >= 4 is 5.97 Å². The van der Waals surface area contributed by atoms with Crippen molar-refractivity contribution in [3.63, 3.8) is 0 Å². The third-order valence-corrected chi connectivity index (χ3v) is 2.50. The zero-order chi connectivity index (χ0) is 13.8. The first-order chi connectivity index (χ1) is 9.10. The lowest BCUT2D eigenvalue weighted by atomic mass is 10.1. The number of carbonyl (C=O) groups excluding carboxylic acids is 1. The highest BCUT2D eigenvalue weighted by molar-refractivity contribution is 5.71. The minimum atomic E-state index is -0.383. The van der Waals surface area contributed by atoms with Gasteiger partial charge in [-0.2, -0.15) is 4.98 Å². The predicted molar refractivity (Wildman–Crippen MR) is 67.3 cm³/mol. The van der Waals surface area contributed by atoms with Crippen LogP contribution in [0.1, 0.15) is 23.9 Å². The summed E-state index contributed by atoms with van der Waals surface area (Å²) < 4.78 is 9.84. The number of nitrogens with zero attached hydrogens (tertiary/aromatic N) is 3. The number of hydrogen-bond acceptors (Lipinski definition) is 6. The Balaban J connectivity index is 2.18. The average Bonchev–Trinajstić information content (AvgIpc) is 2.77. The van der Waals surface area contributed by atoms with Gasteiger partial charge >= 0.3 is 5.97 Å². The molecule has 0 saturated heterocycles. The molecule has 0 aliphatic carbocycles. The molecule has 0 bridgehead atoms. The van der Waals surface area contributed by atoms with Gasteiger partial charge in [-0.15, -0.1) is 0 Å². The molecule has 0 aromatic carbocycles. The zero-order valence-corrected chi connectivity index (χ0v) is 11.1. The number of pyridine rings is 1. The molecule has 6 nitrogen and oxygen atoms in total. The van der Waals surface area contributed by atoms with Crippen LogP contribution in [-0.4, -0.2) is 27.7 Å². The fourth-order valence-electron chi connectivity index (χ4n) is 1.71. The molecule has 0 N–H and O–H groups in total. The Labute approximate surface area is 110 Å². The molecule has 100 valence electrons. The van der Waals surface area contributed by atoms with E-state index in [0.717, 1.165) is 11.1 Å². The molecule has 0 fully saturated rings. The molecule has 0 atom stereocenters. The maximum absolute atomic E-state index is 11.3. The summed E-state index contributed by atoms with van der Waals surface area (Å²) in [6.07, 6.45) is 1.72. The second kappa shape index (κ2) is 5.60. The highest BCUT2D eigenvalue weighted by atomic mass is 16.5. The fraction of sp³-hybridized carbons (Fsp3) is 0.385. The highest BCUT2D eigenvalue weighted by Gasteiger charge is 2.15. The summed E-state index contributed by atoms with van der Waals surface area (Å²) in [5.41, 5.74) is 2.68. The van der Waals surface area contributed by atoms with E-state index >= 15 is 0 Å². The van der Waals surface area contributed by atoms with Crippen LogP contribution in [0, 0.1) is 13.8 Å². The molecule has 0 saturated carbocycles. The largest absolute Gasteiger partial charge is 0.466 e. The summed E-state index contributed by atoms with van der Waals surface area (Å²) in [4.78, 5) is 19.7. The lowest BCUT2D eigenvalue weighted by Gasteiger charge is -2.00. The molecular formula is C13H15N3O3. The molecule has 2 aromatic heterocycles. The molecule has 6 heteroatoms. The minimum Gasteiger partial charge on any atom is -0.466 e. The van der Waals surface area contributed by atoms with Gasteiger partial charge in [0.25, 0.3) is 0 Å². The first kappa shape index (κ1) is 13.2. The van der Waals surface area contributed by atoms with Gasteiger partial charge in [0.1, 0.15) is 12.1 Å². The van der Waals surface area contributed by atoms with Gasteiger partial charge < -0.3 is 9.26 Å². The molecular weight excluding hydrogens is 246 g/mol. The van der Waals surface area contributed by atoms with Crippen molar-refractivity contribution in [2.45, 2.75) is 27.2 Å². The second-order valence-corrected chi connectivity index (χ2v) is 4.17. The topological polar surface area (TPSA) is 78.1 Å². The van der Waals surface area contributed by atoms with E-state index in [-0.39, 0.29) is 18.3 Å². The Morgan fingerprint density at radius 2 is 2.21 bits per heavy atom. The molecule has 2 heterocycles. The maximum Gasteiger partial charge on any atom is 0.315 e. The van der Waals surface area contributed by atoms with Crippen LogP contribution >= 0.6 is 0 Å². The SMILES string of the molecule is CCOC(=O)Cc1nc(-c2ncc(C)cc2C)no1. The molecule has 0 amide bonds. The van der Waals surface area contributed by atoms with Gasteiger partial charge in [0.15, 0.2) is 0 Å². The Morgan fingerprint density at radius 1 is 1.42 bits per heavy atom. The minimum absolute atomic E-state index is 0.0221. The van der Waals surface area contributed by atoms with E-state index in [1.165, 1.54) is 0 Å². The van der Waals surface area contributed by atoms with E-state index in [9.17, 15) is 4.79 Å². The summed E-state index contributed by atoms with van der Waals surface area (Å²) in [5, 5.41) is 3.83. The van der Waals surface area contributed by atoms with Gasteiger partial charge in [-0.1, -0.05) is 11.2 Å². The van der Waals surface area contributed by atoms with Crippen LogP contribution in [-0.2, 0) is 16.0 Å². The van der Waals surface area contributed by atoms with Crippen LogP contribution in [0.25, 0.3) is 11.5 Å². The third-order valence-electron chi connectivity index (χ3n) is 2.50. The monoisotopic (exact) mass is 261 g/mol. The number of esters is 1. The Hall–Kier alpha value is -2.24. The Morgan fingerprint density at radius 3 is 2.89 bits per heavy atom. The molecule has 19 heavy (non-hydrogen) atoms. The first-order valence-electron chi connectivity index (χ1n) is 6.02. The predicted octanol–water partition coefficient (Wildman–Crippen LogP) is 1.85. The molecule has 2 aromatic rings. The van der Waals surface area contributed by atoms with Crippen LogP contribution in [0.15, 0.2) is 16.8 Å². The summed E-state index contributed by atoms with van der Waals surface area (Å²) in [6.45, 7) is 5.97. The number of aryl methyl sites for hydroxylation is 2. The van der Waals surface area contributed by atoms with E-state index < -0.39 is 0 Å². The molecule has 0 unspecified atom stereocenters. The first-order valence-corrected chi connectivity index (χ1v) is 6.02. The molecule has 0 aliphatic rings. The Kier molecular flexibility index (Phi) is 3.89. The lowest BCUT2D eigenvalue weighted by molar-refractivity contribution is -0.142. The molecule has 0 spiro atoms. The lowest BCUT2D eigenvalue weighted by Crippen LogP contribution is -2.07. The quantitative estimate of drug-likeness (QED) is 0.781. The number of ether oxygens (including phenoxy) is 1. The highest BCUT2D eigenvalue weighted by Crippen LogP contribution is 2.18. The van der Waals surface area contributed by atoms with Crippen molar-refractivity contribution in [2.75, 3.05) is 6.61 Å². The van der Waals surface area contributed by atoms with Crippen LogP contribution in [0.3, 0.4) is 0 Å². The average molecular weight is 261 g/mol. The fourth-order valence-corrected chi connectivity index (χ4v) is 1.71. The van der Waals surface area contributed by atoms with Crippen LogP contribution in [0.4, 0.5) is 0 Å². The van der Waals surface area contributed by atoms with Crippen molar-refractivity contribution in [2.24, 2.45) is 0 Å². The van der Waals surface area contributed by atoms with Gasteiger partial charge in [0, 0.05) is 6.20 Å². The van der Waals surface area contributed by atoms with Crippen LogP contribution in [0.5, 0.6) is 0 Å². The van der Waals surface area contributed by atoms with E-state index in [4.69, 9.17) is 9.26 Å². The Bertz CT molecular complexity index is 593.